The summed E-state index contributed by atoms with van der Waals surface area (Å²) in [6.07, 6.45) is 3.33. The highest BCUT2D eigenvalue weighted by Crippen LogP contribution is 2.25. The molecule has 2 aromatic heterocycles. The Morgan fingerprint density at radius 2 is 2.41 bits per heavy atom. The van der Waals surface area contributed by atoms with Gasteiger partial charge in [-0.05, 0) is 31.9 Å². The number of halogens is 1. The van der Waals surface area contributed by atoms with Crippen LogP contribution in [0, 0.1) is 6.92 Å². The number of anilines is 1. The molecule has 1 N–H and O–H groups in total. The van der Waals surface area contributed by atoms with E-state index in [0.717, 1.165) is 25.1 Å². The number of nitrogens with one attached hydrogen (secondary N) is 1. The Morgan fingerprint density at radius 1 is 1.55 bits per heavy atom. The topological polar surface area (TPSA) is 71.3 Å². The molecule has 2 aromatic rings. The molecular weight excluding hydrogens is 304 g/mol. The van der Waals surface area contributed by atoms with E-state index < -0.39 is 0 Å². The van der Waals surface area contributed by atoms with Gasteiger partial charge in [0.05, 0.1) is 12.8 Å². The third-order valence-corrected chi connectivity index (χ3v) is 3.85. The van der Waals surface area contributed by atoms with E-state index in [-0.39, 0.29) is 11.9 Å². The lowest BCUT2D eigenvalue weighted by Gasteiger charge is -2.25. The number of carbonyl (C=O) groups excluding carboxylic acids is 1. The van der Waals surface area contributed by atoms with E-state index in [1.54, 1.807) is 25.3 Å². The fraction of sp³-hybridized carbons (Fsp3) is 0.400. The van der Waals surface area contributed by atoms with E-state index in [0.29, 0.717) is 23.3 Å². The second kappa shape index (κ2) is 6.36. The summed E-state index contributed by atoms with van der Waals surface area (Å²) in [6, 6.07) is 5.10. The second-order valence-electron chi connectivity index (χ2n) is 5.24. The molecule has 7 heteroatoms. The number of carbonyl (C=O) groups is 1. The minimum atomic E-state index is -0.236. The largest absolute Gasteiger partial charge is 0.467 e. The van der Waals surface area contributed by atoms with Gasteiger partial charge in [0.15, 0.2) is 0 Å². The molecule has 0 saturated carbocycles. The van der Waals surface area contributed by atoms with E-state index in [2.05, 4.69) is 15.3 Å². The van der Waals surface area contributed by atoms with Crippen molar-refractivity contribution in [2.24, 2.45) is 0 Å². The molecule has 1 aliphatic heterocycles. The molecule has 116 valence electrons. The van der Waals surface area contributed by atoms with Gasteiger partial charge >= 0.3 is 0 Å². The van der Waals surface area contributed by atoms with Crippen LogP contribution in [0.5, 0.6) is 0 Å². The first kappa shape index (κ1) is 14.8. The number of amides is 1. The summed E-state index contributed by atoms with van der Waals surface area (Å²) in [6.45, 7) is 2.96. The van der Waals surface area contributed by atoms with Crippen LogP contribution in [0.1, 0.15) is 24.4 Å². The maximum atomic E-state index is 12.4. The molecule has 6 nitrogen and oxygen atoms in total. The van der Waals surface area contributed by atoms with Crippen molar-refractivity contribution in [2.75, 3.05) is 11.4 Å². The van der Waals surface area contributed by atoms with Crippen LogP contribution in [0.2, 0.25) is 5.15 Å². The number of aromatic nitrogens is 2. The lowest BCUT2D eigenvalue weighted by molar-refractivity contribution is -0.122. The van der Waals surface area contributed by atoms with Crippen LogP contribution in [0.4, 0.5) is 5.82 Å². The number of furan rings is 1. The highest BCUT2D eigenvalue weighted by Gasteiger charge is 2.31. The minimum Gasteiger partial charge on any atom is -0.467 e. The predicted octanol–water partition coefficient (Wildman–Crippen LogP) is 2.32. The molecule has 0 aromatic carbocycles. The molecule has 1 fully saturated rings. The Kier molecular flexibility index (Phi) is 4.29. The molecule has 0 bridgehead atoms. The average molecular weight is 321 g/mol. The van der Waals surface area contributed by atoms with Crippen molar-refractivity contribution >= 4 is 23.3 Å². The van der Waals surface area contributed by atoms with Gasteiger partial charge in [0, 0.05) is 12.6 Å². The summed E-state index contributed by atoms with van der Waals surface area (Å²) >= 11 is 5.99. The van der Waals surface area contributed by atoms with Crippen LogP contribution in [-0.2, 0) is 11.3 Å². The van der Waals surface area contributed by atoms with E-state index in [9.17, 15) is 4.79 Å². The summed E-state index contributed by atoms with van der Waals surface area (Å²) < 4.78 is 5.22. The Labute approximate surface area is 133 Å². The highest BCUT2D eigenvalue weighted by molar-refractivity contribution is 6.29. The molecule has 0 aliphatic carbocycles. The molecule has 3 rings (SSSR count). The van der Waals surface area contributed by atoms with Crippen molar-refractivity contribution in [3.8, 4) is 0 Å². The lowest BCUT2D eigenvalue weighted by Crippen LogP contribution is -2.43. The molecule has 1 amide bonds. The molecule has 3 heterocycles. The van der Waals surface area contributed by atoms with Gasteiger partial charge in [-0.2, -0.15) is 0 Å². The van der Waals surface area contributed by atoms with Crippen molar-refractivity contribution in [1.82, 2.24) is 15.3 Å². The average Bonchev–Trinajstić information content (AvgIpc) is 3.15. The van der Waals surface area contributed by atoms with E-state index in [1.165, 1.54) is 0 Å². The fourth-order valence-electron chi connectivity index (χ4n) is 2.68. The molecule has 1 aliphatic rings. The normalized spacial score (nSPS) is 17.7. The zero-order valence-corrected chi connectivity index (χ0v) is 13.0. The number of rotatable bonds is 4. The van der Waals surface area contributed by atoms with Gasteiger partial charge in [-0.1, -0.05) is 11.6 Å². The summed E-state index contributed by atoms with van der Waals surface area (Å²) in [5.41, 5.74) is 0. The summed E-state index contributed by atoms with van der Waals surface area (Å²) in [5.74, 6) is 2.01. The van der Waals surface area contributed by atoms with Gasteiger partial charge in [-0.25, -0.2) is 9.97 Å². The van der Waals surface area contributed by atoms with Crippen molar-refractivity contribution in [1.29, 1.82) is 0 Å². The maximum absolute atomic E-state index is 12.4. The number of hydrogen-bond donors (Lipinski definition) is 1. The molecule has 1 atom stereocenters. The quantitative estimate of drug-likeness (QED) is 0.875. The van der Waals surface area contributed by atoms with Gasteiger partial charge in [0.2, 0.25) is 5.91 Å². The molecule has 1 saturated heterocycles. The number of nitrogens with zero attached hydrogens (tertiary/aromatic N) is 3. The first-order chi connectivity index (χ1) is 10.6. The molecular formula is C15H17ClN4O2. The van der Waals surface area contributed by atoms with Crippen LogP contribution in [0.15, 0.2) is 28.9 Å². The highest BCUT2D eigenvalue weighted by atomic mass is 35.5. The van der Waals surface area contributed by atoms with Crippen LogP contribution < -0.4 is 10.2 Å². The van der Waals surface area contributed by atoms with Crippen LogP contribution >= 0.6 is 11.6 Å². The summed E-state index contributed by atoms with van der Waals surface area (Å²) in [7, 11) is 0. The van der Waals surface area contributed by atoms with Crippen LogP contribution in [0.25, 0.3) is 0 Å². The minimum absolute atomic E-state index is 0.0266. The fourth-order valence-corrected chi connectivity index (χ4v) is 2.90. The van der Waals surface area contributed by atoms with Crippen molar-refractivity contribution in [3.63, 3.8) is 0 Å². The van der Waals surface area contributed by atoms with E-state index >= 15 is 0 Å². The molecule has 0 spiro atoms. The van der Waals surface area contributed by atoms with Crippen LogP contribution in [-0.4, -0.2) is 28.5 Å². The van der Waals surface area contributed by atoms with Crippen LogP contribution in [0.3, 0.4) is 0 Å². The SMILES string of the molecule is Cc1nc(Cl)cc(N2CCCC2C(=O)NCc2ccco2)n1. The van der Waals surface area contributed by atoms with Crippen molar-refractivity contribution < 1.29 is 9.21 Å². The number of hydrogen-bond acceptors (Lipinski definition) is 5. The van der Waals surface area contributed by atoms with Gasteiger partial charge in [0.1, 0.15) is 28.6 Å². The van der Waals surface area contributed by atoms with Gasteiger partial charge in [-0.15, -0.1) is 0 Å². The van der Waals surface area contributed by atoms with Gasteiger partial charge in [0.25, 0.3) is 0 Å². The standard InChI is InChI=1S/C15H17ClN4O2/c1-10-18-13(16)8-14(19-10)20-6-2-5-12(20)15(21)17-9-11-4-3-7-22-11/h3-4,7-8,12H,2,5-6,9H2,1H3,(H,17,21). The van der Waals surface area contributed by atoms with Crippen molar-refractivity contribution in [2.45, 2.75) is 32.4 Å². The van der Waals surface area contributed by atoms with Crippen molar-refractivity contribution in [3.05, 3.63) is 41.2 Å². The van der Waals surface area contributed by atoms with E-state index in [4.69, 9.17) is 16.0 Å². The lowest BCUT2D eigenvalue weighted by atomic mass is 10.2. The first-order valence-electron chi connectivity index (χ1n) is 7.21. The summed E-state index contributed by atoms with van der Waals surface area (Å²) in [5, 5.41) is 3.30. The Bertz CT molecular complexity index is 639. The Hall–Kier alpha value is -2.08. The molecule has 22 heavy (non-hydrogen) atoms. The first-order valence-corrected chi connectivity index (χ1v) is 7.59. The monoisotopic (exact) mass is 320 g/mol. The third kappa shape index (κ3) is 3.22. The molecule has 0 radical (unpaired) electrons. The Balaban J connectivity index is 1.70. The van der Waals surface area contributed by atoms with Gasteiger partial charge in [-0.3, -0.25) is 4.79 Å². The predicted molar refractivity (Wildman–Crippen MR) is 82.7 cm³/mol. The maximum Gasteiger partial charge on any atom is 0.243 e. The Morgan fingerprint density at radius 3 is 3.14 bits per heavy atom. The van der Waals surface area contributed by atoms with Gasteiger partial charge < -0.3 is 14.6 Å². The smallest absolute Gasteiger partial charge is 0.243 e. The summed E-state index contributed by atoms with van der Waals surface area (Å²) in [4.78, 5) is 22.9. The zero-order valence-electron chi connectivity index (χ0n) is 12.3. The van der Waals surface area contributed by atoms with E-state index in [1.807, 2.05) is 11.0 Å². The zero-order chi connectivity index (χ0) is 15.5. The second-order valence-corrected chi connectivity index (χ2v) is 5.63. The number of aryl methyl sites for hydroxylation is 1. The third-order valence-electron chi connectivity index (χ3n) is 3.66. The molecule has 1 unspecified atom stereocenters.